The molecule has 0 saturated carbocycles. The molecule has 0 saturated heterocycles. The maximum atomic E-state index is 12.6. The smallest absolute Gasteiger partial charge is 0.262 e. The minimum absolute atomic E-state index is 0.0584. The molecule has 0 aliphatic carbocycles. The highest BCUT2D eigenvalue weighted by Gasteiger charge is 2.20. The van der Waals surface area contributed by atoms with Gasteiger partial charge in [-0.3, -0.25) is 4.79 Å². The molecule has 1 amide bonds. The van der Waals surface area contributed by atoms with E-state index in [1.807, 2.05) is 63.2 Å². The molecule has 1 heterocycles. The number of hydrogen-bond acceptors (Lipinski definition) is 2. The van der Waals surface area contributed by atoms with E-state index in [-0.39, 0.29) is 23.1 Å². The van der Waals surface area contributed by atoms with Crippen LogP contribution in [-0.4, -0.2) is 10.5 Å². The maximum absolute atomic E-state index is 12.6. The van der Waals surface area contributed by atoms with Gasteiger partial charge in [-0.15, -0.1) is 0 Å². The predicted octanol–water partition coefficient (Wildman–Crippen LogP) is 4.64. The van der Waals surface area contributed by atoms with Crippen LogP contribution in [0.3, 0.4) is 0 Å². The minimum Gasteiger partial charge on any atom is -0.345 e. The van der Waals surface area contributed by atoms with Crippen molar-refractivity contribution in [3.8, 4) is 6.07 Å². The fourth-order valence-corrected chi connectivity index (χ4v) is 3.37. The zero-order chi connectivity index (χ0) is 19.5. The van der Waals surface area contributed by atoms with Crippen LogP contribution < -0.4 is 5.32 Å². The summed E-state index contributed by atoms with van der Waals surface area (Å²) in [5.74, 6) is -0.357. The average molecular weight is 349 g/mol. The van der Waals surface area contributed by atoms with Crippen molar-refractivity contribution in [3.05, 3.63) is 64.5 Å². The van der Waals surface area contributed by atoms with Gasteiger partial charge in [-0.25, -0.2) is 0 Å². The van der Waals surface area contributed by atoms with Crippen LogP contribution in [0.4, 0.5) is 0 Å². The molecule has 2 rings (SSSR count). The van der Waals surface area contributed by atoms with Crippen LogP contribution in [0.5, 0.6) is 0 Å². The number of amides is 1. The molecule has 4 heteroatoms. The molecule has 0 unspecified atom stereocenters. The molecular formula is C22H27N3O. The molecule has 0 aliphatic heterocycles. The van der Waals surface area contributed by atoms with Crippen LogP contribution in [0.2, 0.25) is 0 Å². The topological polar surface area (TPSA) is 57.8 Å². The number of nitrogens with zero attached hydrogens (tertiary/aromatic N) is 2. The Kier molecular flexibility index (Phi) is 5.72. The number of carbonyl (C=O) groups is 1. The third kappa shape index (κ3) is 4.23. The highest BCUT2D eigenvalue weighted by molar-refractivity contribution is 6.02. The van der Waals surface area contributed by atoms with E-state index < -0.39 is 0 Å². The van der Waals surface area contributed by atoms with Crippen LogP contribution >= 0.6 is 0 Å². The van der Waals surface area contributed by atoms with E-state index in [4.69, 9.17) is 0 Å². The first-order valence-corrected chi connectivity index (χ1v) is 8.82. The number of aryl methyl sites for hydroxylation is 1. The van der Waals surface area contributed by atoms with Gasteiger partial charge in [0.05, 0.1) is 6.04 Å². The lowest BCUT2D eigenvalue weighted by Gasteiger charge is -2.25. The van der Waals surface area contributed by atoms with Crippen molar-refractivity contribution in [2.75, 3.05) is 0 Å². The van der Waals surface area contributed by atoms with Crippen LogP contribution in [0.1, 0.15) is 56.3 Å². The van der Waals surface area contributed by atoms with Crippen molar-refractivity contribution in [1.29, 1.82) is 5.26 Å². The van der Waals surface area contributed by atoms with Gasteiger partial charge in [0.15, 0.2) is 0 Å². The monoisotopic (exact) mass is 349 g/mol. The van der Waals surface area contributed by atoms with Gasteiger partial charge in [0.1, 0.15) is 11.6 Å². The molecule has 26 heavy (non-hydrogen) atoms. The summed E-state index contributed by atoms with van der Waals surface area (Å²) in [5, 5.41) is 12.4. The second-order valence-electron chi connectivity index (χ2n) is 7.61. The normalized spacial score (nSPS) is 13.2. The lowest BCUT2D eigenvalue weighted by Crippen LogP contribution is -2.27. The molecule has 1 aromatic carbocycles. The van der Waals surface area contributed by atoms with Gasteiger partial charge in [-0.05, 0) is 64.8 Å². The van der Waals surface area contributed by atoms with Gasteiger partial charge in [0.2, 0.25) is 0 Å². The molecule has 0 bridgehead atoms. The third-order valence-electron chi connectivity index (χ3n) is 4.45. The van der Waals surface area contributed by atoms with E-state index >= 15 is 0 Å². The Morgan fingerprint density at radius 3 is 2.35 bits per heavy atom. The minimum atomic E-state index is -0.357. The van der Waals surface area contributed by atoms with Crippen molar-refractivity contribution in [1.82, 2.24) is 9.88 Å². The molecule has 0 spiro atoms. The van der Waals surface area contributed by atoms with E-state index in [0.717, 1.165) is 22.5 Å². The summed E-state index contributed by atoms with van der Waals surface area (Å²) in [7, 11) is 0. The Bertz CT molecular complexity index is 861. The molecule has 1 N–H and O–H groups in total. The van der Waals surface area contributed by atoms with Gasteiger partial charge in [0.25, 0.3) is 5.91 Å². The zero-order valence-corrected chi connectivity index (χ0v) is 16.4. The fourth-order valence-electron chi connectivity index (χ4n) is 3.37. The van der Waals surface area contributed by atoms with Gasteiger partial charge >= 0.3 is 0 Å². The van der Waals surface area contributed by atoms with Gasteiger partial charge < -0.3 is 9.88 Å². The molecule has 0 aliphatic rings. The summed E-state index contributed by atoms with van der Waals surface area (Å²) >= 11 is 0. The number of benzene rings is 1. The molecule has 0 fully saturated rings. The maximum Gasteiger partial charge on any atom is 0.262 e. The molecular weight excluding hydrogens is 322 g/mol. The highest BCUT2D eigenvalue weighted by Crippen LogP contribution is 2.26. The second kappa shape index (κ2) is 7.61. The summed E-state index contributed by atoms with van der Waals surface area (Å²) in [5.41, 5.74) is 4.11. The van der Waals surface area contributed by atoms with Crippen molar-refractivity contribution >= 4 is 12.0 Å². The van der Waals surface area contributed by atoms with Crippen molar-refractivity contribution < 1.29 is 4.79 Å². The van der Waals surface area contributed by atoms with Gasteiger partial charge in [-0.2, -0.15) is 5.26 Å². The van der Waals surface area contributed by atoms with E-state index in [1.165, 1.54) is 0 Å². The van der Waals surface area contributed by atoms with Crippen LogP contribution in [0, 0.1) is 25.2 Å². The summed E-state index contributed by atoms with van der Waals surface area (Å²) in [4.78, 5) is 12.6. The average Bonchev–Trinajstić information content (AvgIpc) is 2.86. The van der Waals surface area contributed by atoms with Gasteiger partial charge in [-0.1, -0.05) is 30.3 Å². The standard InChI is InChI=1S/C22H27N3O/c1-15-12-19(17(3)25(15)22(4,5)6)13-20(14-23)21(26)24-16(2)18-10-8-7-9-11-18/h7-13,16H,1-6H3,(H,24,26)/b20-13-/t16-/m1/s1. The number of nitriles is 1. The second-order valence-corrected chi connectivity index (χ2v) is 7.61. The third-order valence-corrected chi connectivity index (χ3v) is 4.45. The lowest BCUT2D eigenvalue weighted by atomic mass is 10.1. The fraction of sp³-hybridized carbons (Fsp3) is 0.364. The van der Waals surface area contributed by atoms with E-state index in [9.17, 15) is 10.1 Å². The van der Waals surface area contributed by atoms with Crippen molar-refractivity contribution in [2.24, 2.45) is 0 Å². The number of hydrogen-bond donors (Lipinski definition) is 1. The summed E-state index contributed by atoms with van der Waals surface area (Å²) in [6, 6.07) is 13.6. The first-order chi connectivity index (χ1) is 12.1. The number of aromatic nitrogens is 1. The first-order valence-electron chi connectivity index (χ1n) is 8.82. The van der Waals surface area contributed by atoms with E-state index in [1.54, 1.807) is 6.08 Å². The van der Waals surface area contributed by atoms with Crippen molar-refractivity contribution in [3.63, 3.8) is 0 Å². The van der Waals surface area contributed by atoms with Crippen molar-refractivity contribution in [2.45, 2.75) is 53.1 Å². The number of rotatable bonds is 4. The quantitative estimate of drug-likeness (QED) is 0.645. The first kappa shape index (κ1) is 19.5. The summed E-state index contributed by atoms with van der Waals surface area (Å²) < 4.78 is 2.22. The van der Waals surface area contributed by atoms with Crippen LogP contribution in [0.15, 0.2) is 42.0 Å². The van der Waals surface area contributed by atoms with Crippen LogP contribution in [-0.2, 0) is 10.3 Å². The molecule has 1 aromatic heterocycles. The molecule has 4 nitrogen and oxygen atoms in total. The Hall–Kier alpha value is -2.80. The largest absolute Gasteiger partial charge is 0.345 e. The summed E-state index contributed by atoms with van der Waals surface area (Å²) in [6.45, 7) is 12.4. The Labute approximate surface area is 156 Å². The molecule has 0 radical (unpaired) electrons. The zero-order valence-electron chi connectivity index (χ0n) is 16.4. The van der Waals surface area contributed by atoms with Crippen LogP contribution in [0.25, 0.3) is 6.08 Å². The Morgan fingerprint density at radius 2 is 1.85 bits per heavy atom. The van der Waals surface area contributed by atoms with Gasteiger partial charge in [0, 0.05) is 16.9 Å². The highest BCUT2D eigenvalue weighted by atomic mass is 16.1. The Balaban J connectivity index is 2.28. The lowest BCUT2D eigenvalue weighted by molar-refractivity contribution is -0.117. The number of nitrogens with one attached hydrogen (secondary N) is 1. The SMILES string of the molecule is Cc1cc(/C=C(/C#N)C(=O)N[C@H](C)c2ccccc2)c(C)n1C(C)(C)C. The molecule has 1 atom stereocenters. The Morgan fingerprint density at radius 1 is 1.23 bits per heavy atom. The predicted molar refractivity (Wildman–Crippen MR) is 105 cm³/mol. The van der Waals surface area contributed by atoms with E-state index in [2.05, 4.69) is 30.7 Å². The molecule has 136 valence electrons. The number of carbonyl (C=O) groups excluding carboxylic acids is 1. The van der Waals surface area contributed by atoms with E-state index in [0.29, 0.717) is 0 Å². The summed E-state index contributed by atoms with van der Waals surface area (Å²) in [6.07, 6.45) is 1.68. The molecule has 2 aromatic rings.